The molecule has 4 heteroatoms. The first-order chi connectivity index (χ1) is 17.7. The molecule has 0 radical (unpaired) electrons. The van der Waals surface area contributed by atoms with Crippen LogP contribution in [0.3, 0.4) is 0 Å². The number of para-hydroxylation sites is 2. The van der Waals surface area contributed by atoms with Gasteiger partial charge in [0.25, 0.3) is 0 Å². The Morgan fingerprint density at radius 2 is 0.750 bits per heavy atom. The Labute approximate surface area is 205 Å². The molecule has 5 aromatic carbocycles. The number of ketones is 2. The first-order valence-corrected chi connectivity index (χ1v) is 11.7. The van der Waals surface area contributed by atoms with Crippen LogP contribution < -0.4 is 0 Å². The Kier molecular flexibility index (Phi) is 4.42. The molecule has 0 aliphatic rings. The predicted molar refractivity (Wildman–Crippen MR) is 141 cm³/mol. The third-order valence-electron chi connectivity index (χ3n) is 6.69. The van der Waals surface area contributed by atoms with Gasteiger partial charge in [0.1, 0.15) is 22.3 Å². The zero-order valence-corrected chi connectivity index (χ0v) is 19.0. The molecule has 0 spiro atoms. The molecule has 0 unspecified atom stereocenters. The summed E-state index contributed by atoms with van der Waals surface area (Å²) in [6, 6.07) is 33.4. The maximum absolute atomic E-state index is 13.1. The van der Waals surface area contributed by atoms with E-state index in [0.29, 0.717) is 33.4 Å². The molecule has 7 aromatic rings. The third-order valence-corrected chi connectivity index (χ3v) is 6.69. The third kappa shape index (κ3) is 3.16. The lowest BCUT2D eigenvalue weighted by molar-refractivity contribution is 0.102. The van der Waals surface area contributed by atoms with E-state index < -0.39 is 0 Å². The molecule has 0 saturated carbocycles. The van der Waals surface area contributed by atoms with Crippen molar-refractivity contribution in [3.05, 3.63) is 131 Å². The molecule has 0 atom stereocenters. The van der Waals surface area contributed by atoms with Crippen molar-refractivity contribution < 1.29 is 18.4 Å². The molecule has 0 fully saturated rings. The molecule has 0 saturated heterocycles. The normalized spacial score (nSPS) is 11.6. The van der Waals surface area contributed by atoms with E-state index in [0.717, 1.165) is 32.7 Å². The van der Waals surface area contributed by atoms with Crippen molar-refractivity contribution in [1.82, 2.24) is 0 Å². The predicted octanol–water partition coefficient (Wildman–Crippen LogP) is 7.95. The number of benzene rings is 5. The van der Waals surface area contributed by atoms with Crippen molar-refractivity contribution in [1.29, 1.82) is 0 Å². The fourth-order valence-electron chi connectivity index (χ4n) is 4.84. The summed E-state index contributed by atoms with van der Waals surface area (Å²) < 4.78 is 11.8. The number of carbonyl (C=O) groups excluding carboxylic acids is 2. The van der Waals surface area contributed by atoms with Gasteiger partial charge in [0.05, 0.1) is 0 Å². The Bertz CT molecular complexity index is 1820. The summed E-state index contributed by atoms with van der Waals surface area (Å²) >= 11 is 0. The highest BCUT2D eigenvalue weighted by Crippen LogP contribution is 2.31. The average molecular weight is 466 g/mol. The number of hydrogen-bond donors (Lipinski definition) is 0. The minimum Gasteiger partial charge on any atom is -0.456 e. The van der Waals surface area contributed by atoms with Crippen molar-refractivity contribution in [3.8, 4) is 0 Å². The Morgan fingerprint density at radius 1 is 0.389 bits per heavy atom. The van der Waals surface area contributed by atoms with Gasteiger partial charge in [-0.05, 0) is 36.4 Å². The van der Waals surface area contributed by atoms with Gasteiger partial charge in [-0.3, -0.25) is 9.59 Å². The van der Waals surface area contributed by atoms with E-state index in [-0.39, 0.29) is 11.6 Å². The van der Waals surface area contributed by atoms with Gasteiger partial charge < -0.3 is 8.83 Å². The lowest BCUT2D eigenvalue weighted by Crippen LogP contribution is -2.04. The van der Waals surface area contributed by atoms with Crippen LogP contribution in [0.25, 0.3) is 43.9 Å². The van der Waals surface area contributed by atoms with Gasteiger partial charge in [0.2, 0.25) is 0 Å². The van der Waals surface area contributed by atoms with Crippen LogP contribution in [0.15, 0.2) is 118 Å². The first-order valence-electron chi connectivity index (χ1n) is 11.7. The summed E-state index contributed by atoms with van der Waals surface area (Å²) in [6.45, 7) is 0. The van der Waals surface area contributed by atoms with Gasteiger partial charge in [-0.15, -0.1) is 0 Å². The van der Waals surface area contributed by atoms with Crippen molar-refractivity contribution in [2.45, 2.75) is 0 Å². The van der Waals surface area contributed by atoms with Gasteiger partial charge in [0.15, 0.2) is 11.6 Å². The fraction of sp³-hybridized carbons (Fsp3) is 0. The van der Waals surface area contributed by atoms with Gasteiger partial charge >= 0.3 is 0 Å². The second kappa shape index (κ2) is 7.79. The lowest BCUT2D eigenvalue weighted by Gasteiger charge is -2.05. The van der Waals surface area contributed by atoms with Crippen LogP contribution in [0.5, 0.6) is 0 Å². The Balaban J connectivity index is 1.18. The molecule has 0 aliphatic heterocycles. The van der Waals surface area contributed by atoms with Gasteiger partial charge in [-0.1, -0.05) is 72.8 Å². The van der Waals surface area contributed by atoms with E-state index in [1.807, 2.05) is 72.8 Å². The maximum atomic E-state index is 13.1. The van der Waals surface area contributed by atoms with Crippen LogP contribution in [-0.4, -0.2) is 11.6 Å². The molecule has 7 rings (SSSR count). The summed E-state index contributed by atoms with van der Waals surface area (Å²) in [7, 11) is 0. The summed E-state index contributed by atoms with van der Waals surface area (Å²) in [5, 5.41) is 4.00. The summed E-state index contributed by atoms with van der Waals surface area (Å²) in [4.78, 5) is 26.3. The highest BCUT2D eigenvalue weighted by molar-refractivity contribution is 6.15. The Hall–Kier alpha value is -4.96. The smallest absolute Gasteiger partial charge is 0.193 e. The molecule has 0 amide bonds. The molecule has 0 N–H and O–H groups in total. The maximum Gasteiger partial charge on any atom is 0.193 e. The van der Waals surface area contributed by atoms with Crippen LogP contribution in [0.1, 0.15) is 31.8 Å². The van der Waals surface area contributed by atoms with E-state index in [1.165, 1.54) is 0 Å². The standard InChI is InChI=1S/C32H18O4/c33-31(21-13-15-25-23-5-1-3-7-27(23)35-29(25)17-21)19-9-11-20(12-10-19)32(34)22-14-16-26-24-6-2-4-8-28(24)36-30(26)18-22/h1-18H. The Morgan fingerprint density at radius 3 is 1.19 bits per heavy atom. The summed E-state index contributed by atoms with van der Waals surface area (Å²) in [5.74, 6) is -0.250. The fourth-order valence-corrected chi connectivity index (χ4v) is 4.84. The molecule has 2 heterocycles. The first kappa shape index (κ1) is 20.4. The zero-order valence-electron chi connectivity index (χ0n) is 19.0. The van der Waals surface area contributed by atoms with E-state index >= 15 is 0 Å². The number of furan rings is 2. The van der Waals surface area contributed by atoms with E-state index in [1.54, 1.807) is 36.4 Å². The number of fused-ring (bicyclic) bond motifs is 6. The van der Waals surface area contributed by atoms with Crippen LogP contribution >= 0.6 is 0 Å². The van der Waals surface area contributed by atoms with E-state index in [4.69, 9.17) is 8.83 Å². The SMILES string of the molecule is O=C(c1ccc(C(=O)c2ccc3c(c2)oc2ccccc23)cc1)c1ccc2c(c1)oc1ccccc12. The molecule has 2 aromatic heterocycles. The molecule has 0 aliphatic carbocycles. The molecular weight excluding hydrogens is 448 g/mol. The van der Waals surface area contributed by atoms with E-state index in [2.05, 4.69) is 0 Å². The number of rotatable bonds is 4. The molecular formula is C32H18O4. The molecule has 4 nitrogen and oxygen atoms in total. The molecule has 0 bridgehead atoms. The number of hydrogen-bond acceptors (Lipinski definition) is 4. The molecule has 36 heavy (non-hydrogen) atoms. The minimum absolute atomic E-state index is 0.125. The highest BCUT2D eigenvalue weighted by Gasteiger charge is 2.16. The van der Waals surface area contributed by atoms with Crippen LogP contribution in [0.4, 0.5) is 0 Å². The zero-order chi connectivity index (χ0) is 24.2. The highest BCUT2D eigenvalue weighted by atomic mass is 16.3. The van der Waals surface area contributed by atoms with Crippen molar-refractivity contribution in [3.63, 3.8) is 0 Å². The summed E-state index contributed by atoms with van der Waals surface area (Å²) in [5.41, 5.74) is 5.03. The second-order valence-electron chi connectivity index (χ2n) is 8.85. The van der Waals surface area contributed by atoms with Gasteiger partial charge in [0, 0.05) is 43.8 Å². The van der Waals surface area contributed by atoms with Crippen LogP contribution in [-0.2, 0) is 0 Å². The summed E-state index contributed by atoms with van der Waals surface area (Å²) in [6.07, 6.45) is 0. The van der Waals surface area contributed by atoms with Gasteiger partial charge in [-0.2, -0.15) is 0 Å². The largest absolute Gasteiger partial charge is 0.456 e. The second-order valence-corrected chi connectivity index (χ2v) is 8.85. The number of carbonyl (C=O) groups is 2. The van der Waals surface area contributed by atoms with Crippen molar-refractivity contribution >= 4 is 55.4 Å². The molecule has 170 valence electrons. The van der Waals surface area contributed by atoms with Crippen LogP contribution in [0.2, 0.25) is 0 Å². The van der Waals surface area contributed by atoms with Gasteiger partial charge in [-0.25, -0.2) is 0 Å². The van der Waals surface area contributed by atoms with Crippen molar-refractivity contribution in [2.24, 2.45) is 0 Å². The quantitative estimate of drug-likeness (QED) is 0.247. The minimum atomic E-state index is -0.125. The topological polar surface area (TPSA) is 60.4 Å². The lowest BCUT2D eigenvalue weighted by atomic mass is 9.97. The van der Waals surface area contributed by atoms with Crippen molar-refractivity contribution in [2.75, 3.05) is 0 Å². The van der Waals surface area contributed by atoms with Crippen LogP contribution in [0, 0.1) is 0 Å². The average Bonchev–Trinajstić information content (AvgIpc) is 3.49. The van der Waals surface area contributed by atoms with E-state index in [9.17, 15) is 9.59 Å². The monoisotopic (exact) mass is 466 g/mol.